The van der Waals surface area contributed by atoms with Gasteiger partial charge in [-0.25, -0.2) is 9.18 Å². The highest BCUT2D eigenvalue weighted by atomic mass is 35.5. The molecule has 1 fully saturated rings. The van der Waals surface area contributed by atoms with Crippen molar-refractivity contribution in [1.82, 2.24) is 9.80 Å². The molecule has 0 saturated carbocycles. The summed E-state index contributed by atoms with van der Waals surface area (Å²) in [7, 11) is 0. The van der Waals surface area contributed by atoms with E-state index in [0.29, 0.717) is 31.1 Å². The molecule has 0 N–H and O–H groups in total. The number of benzene rings is 1. The zero-order chi connectivity index (χ0) is 19.4. The minimum absolute atomic E-state index is 0.0577. The minimum atomic E-state index is -0.988. The molecule has 1 aliphatic heterocycles. The number of esters is 1. The molecule has 0 atom stereocenters. The number of hydrogen-bond acceptors (Lipinski definition) is 5. The van der Waals surface area contributed by atoms with Crippen molar-refractivity contribution in [3.63, 3.8) is 0 Å². The molecule has 3 rings (SSSR count). The zero-order valence-corrected chi connectivity index (χ0v) is 15.8. The highest BCUT2D eigenvalue weighted by Gasteiger charge is 2.26. The molecule has 2 amide bonds. The maximum Gasteiger partial charge on any atom is 0.343 e. The average molecular weight is 411 g/mol. The summed E-state index contributed by atoms with van der Waals surface area (Å²) in [6.45, 7) is 0.968. The van der Waals surface area contributed by atoms with Crippen molar-refractivity contribution >= 4 is 40.7 Å². The third-order valence-corrected chi connectivity index (χ3v) is 5.32. The predicted molar refractivity (Wildman–Crippen MR) is 98.5 cm³/mol. The van der Waals surface area contributed by atoms with E-state index in [2.05, 4.69) is 0 Å². The normalized spacial score (nSPS) is 14.1. The lowest BCUT2D eigenvalue weighted by Gasteiger charge is -2.34. The number of halogens is 2. The van der Waals surface area contributed by atoms with Crippen LogP contribution in [0.3, 0.4) is 0 Å². The molecule has 1 aromatic heterocycles. The second-order valence-electron chi connectivity index (χ2n) is 5.82. The first kappa shape index (κ1) is 19.3. The van der Waals surface area contributed by atoms with Crippen LogP contribution in [0.2, 0.25) is 5.02 Å². The van der Waals surface area contributed by atoms with Crippen molar-refractivity contribution in [2.24, 2.45) is 0 Å². The van der Waals surface area contributed by atoms with Crippen LogP contribution in [-0.4, -0.2) is 60.4 Å². The van der Waals surface area contributed by atoms with Gasteiger partial charge < -0.3 is 14.5 Å². The fourth-order valence-corrected chi connectivity index (χ4v) is 3.63. The van der Waals surface area contributed by atoms with Gasteiger partial charge in [-0.15, -0.1) is 11.3 Å². The molecule has 1 saturated heterocycles. The van der Waals surface area contributed by atoms with Crippen LogP contribution in [-0.2, 0) is 9.53 Å². The Hall–Kier alpha value is -2.45. The third-order valence-electron chi connectivity index (χ3n) is 4.15. The molecule has 2 aromatic rings. The standard InChI is InChI=1S/C18H16ClFN2O4S/c19-12-3-1-4-13(20)16(12)18(25)26-11-15(23)21-6-8-22(9-7-21)17(24)14-5-2-10-27-14/h1-5,10H,6-9,11H2. The topological polar surface area (TPSA) is 66.9 Å². The number of carbonyl (C=O) groups excluding carboxylic acids is 3. The Labute approximate surface area is 164 Å². The number of ether oxygens (including phenoxy) is 1. The van der Waals surface area contributed by atoms with Crippen molar-refractivity contribution in [1.29, 1.82) is 0 Å². The molecule has 1 aliphatic rings. The van der Waals surface area contributed by atoms with Gasteiger partial charge in [0.15, 0.2) is 6.61 Å². The summed E-state index contributed by atoms with van der Waals surface area (Å²) in [4.78, 5) is 40.3. The van der Waals surface area contributed by atoms with Crippen molar-refractivity contribution in [2.75, 3.05) is 32.8 Å². The Morgan fingerprint density at radius 1 is 1.07 bits per heavy atom. The summed E-state index contributed by atoms with van der Waals surface area (Å²) in [6.07, 6.45) is 0. The van der Waals surface area contributed by atoms with Crippen LogP contribution < -0.4 is 0 Å². The number of nitrogens with zero attached hydrogens (tertiary/aromatic N) is 2. The monoisotopic (exact) mass is 410 g/mol. The van der Waals surface area contributed by atoms with E-state index in [-0.39, 0.29) is 10.9 Å². The largest absolute Gasteiger partial charge is 0.452 e. The van der Waals surface area contributed by atoms with Gasteiger partial charge >= 0.3 is 5.97 Å². The van der Waals surface area contributed by atoms with Crippen LogP contribution >= 0.6 is 22.9 Å². The molecule has 0 spiro atoms. The Balaban J connectivity index is 1.50. The molecule has 0 aliphatic carbocycles. The number of carbonyl (C=O) groups is 3. The Morgan fingerprint density at radius 2 is 1.78 bits per heavy atom. The molecule has 9 heteroatoms. The third kappa shape index (κ3) is 4.45. The number of thiophene rings is 1. The maximum absolute atomic E-state index is 13.7. The molecule has 27 heavy (non-hydrogen) atoms. The second kappa shape index (κ2) is 8.49. The fraction of sp³-hybridized carbons (Fsp3) is 0.278. The smallest absolute Gasteiger partial charge is 0.343 e. The lowest BCUT2D eigenvalue weighted by Crippen LogP contribution is -2.51. The van der Waals surface area contributed by atoms with E-state index in [9.17, 15) is 18.8 Å². The van der Waals surface area contributed by atoms with Crippen molar-refractivity contribution in [2.45, 2.75) is 0 Å². The molecule has 142 valence electrons. The molecule has 0 bridgehead atoms. The molecule has 6 nitrogen and oxygen atoms in total. The Morgan fingerprint density at radius 3 is 2.41 bits per heavy atom. The summed E-state index contributed by atoms with van der Waals surface area (Å²) in [5.41, 5.74) is -0.390. The highest BCUT2D eigenvalue weighted by molar-refractivity contribution is 7.12. The van der Waals surface area contributed by atoms with Gasteiger partial charge in [0.2, 0.25) is 0 Å². The van der Waals surface area contributed by atoms with Gasteiger partial charge in [0.25, 0.3) is 11.8 Å². The summed E-state index contributed by atoms with van der Waals surface area (Å²) < 4.78 is 18.6. The van der Waals surface area contributed by atoms with Gasteiger partial charge in [0.1, 0.15) is 11.4 Å². The lowest BCUT2D eigenvalue weighted by atomic mass is 10.2. The maximum atomic E-state index is 13.7. The molecular formula is C18H16ClFN2O4S. The minimum Gasteiger partial charge on any atom is -0.452 e. The molecule has 0 radical (unpaired) electrons. The number of hydrogen-bond donors (Lipinski definition) is 0. The van der Waals surface area contributed by atoms with Crippen molar-refractivity contribution < 1.29 is 23.5 Å². The van der Waals surface area contributed by atoms with Gasteiger partial charge in [-0.05, 0) is 23.6 Å². The van der Waals surface area contributed by atoms with Gasteiger partial charge in [-0.3, -0.25) is 9.59 Å². The van der Waals surface area contributed by atoms with E-state index in [0.717, 1.165) is 6.07 Å². The fourth-order valence-electron chi connectivity index (χ4n) is 2.70. The van der Waals surface area contributed by atoms with Crippen LogP contribution in [0, 0.1) is 5.82 Å². The second-order valence-corrected chi connectivity index (χ2v) is 7.18. The first-order valence-corrected chi connectivity index (χ1v) is 9.45. The van der Waals surface area contributed by atoms with Gasteiger partial charge in [-0.2, -0.15) is 0 Å². The summed E-state index contributed by atoms with van der Waals surface area (Å²) >= 11 is 7.18. The molecule has 2 heterocycles. The van der Waals surface area contributed by atoms with Gasteiger partial charge in [-0.1, -0.05) is 23.7 Å². The summed E-state index contributed by atoms with van der Waals surface area (Å²) in [5.74, 6) is -2.25. The van der Waals surface area contributed by atoms with Crippen LogP contribution in [0.4, 0.5) is 4.39 Å². The molecule has 0 unspecified atom stereocenters. The van der Waals surface area contributed by atoms with E-state index >= 15 is 0 Å². The van der Waals surface area contributed by atoms with Gasteiger partial charge in [0, 0.05) is 26.2 Å². The number of amides is 2. The Bertz CT molecular complexity index is 831. The number of piperazine rings is 1. The lowest BCUT2D eigenvalue weighted by molar-refractivity contribution is -0.136. The molecule has 1 aromatic carbocycles. The first-order valence-electron chi connectivity index (χ1n) is 8.19. The van der Waals surface area contributed by atoms with Crippen LogP contribution in [0.25, 0.3) is 0 Å². The number of rotatable bonds is 4. The van der Waals surface area contributed by atoms with Gasteiger partial charge in [0.05, 0.1) is 9.90 Å². The van der Waals surface area contributed by atoms with E-state index in [1.165, 1.54) is 28.4 Å². The molecular weight excluding hydrogens is 395 g/mol. The average Bonchev–Trinajstić information content (AvgIpc) is 3.20. The zero-order valence-electron chi connectivity index (χ0n) is 14.2. The SMILES string of the molecule is O=C(OCC(=O)N1CCN(C(=O)c2cccs2)CC1)c1c(F)cccc1Cl. The van der Waals surface area contributed by atoms with E-state index < -0.39 is 29.9 Å². The van der Waals surface area contributed by atoms with E-state index in [4.69, 9.17) is 16.3 Å². The summed E-state index contributed by atoms with van der Waals surface area (Å²) in [6, 6.07) is 7.41. The predicted octanol–water partition coefficient (Wildman–Crippen LogP) is 2.68. The highest BCUT2D eigenvalue weighted by Crippen LogP contribution is 2.20. The summed E-state index contributed by atoms with van der Waals surface area (Å²) in [5, 5.41) is 1.76. The Kier molecular flexibility index (Phi) is 6.08. The van der Waals surface area contributed by atoms with E-state index in [1.54, 1.807) is 11.0 Å². The van der Waals surface area contributed by atoms with Crippen molar-refractivity contribution in [3.05, 3.63) is 57.0 Å². The quantitative estimate of drug-likeness (QED) is 0.727. The van der Waals surface area contributed by atoms with Crippen molar-refractivity contribution in [3.8, 4) is 0 Å². The van der Waals surface area contributed by atoms with Crippen LogP contribution in [0.5, 0.6) is 0 Å². The van der Waals surface area contributed by atoms with Crippen LogP contribution in [0.15, 0.2) is 35.7 Å². The first-order chi connectivity index (χ1) is 13.0. The van der Waals surface area contributed by atoms with E-state index in [1.807, 2.05) is 11.4 Å². The van der Waals surface area contributed by atoms with Crippen LogP contribution in [0.1, 0.15) is 20.0 Å².